The number of nitrogens with one attached hydrogen (secondary N) is 3. The van der Waals surface area contributed by atoms with Gasteiger partial charge in [0, 0.05) is 37.6 Å². The molecule has 1 saturated heterocycles. The van der Waals surface area contributed by atoms with Crippen molar-refractivity contribution in [2.45, 2.75) is 51.8 Å². The van der Waals surface area contributed by atoms with E-state index in [1.807, 2.05) is 57.3 Å². The number of piperidine rings is 1. The predicted octanol–water partition coefficient (Wildman–Crippen LogP) is 4.83. The summed E-state index contributed by atoms with van der Waals surface area (Å²) in [6, 6.07) is 8.18. The first-order valence-corrected chi connectivity index (χ1v) is 11.3. The van der Waals surface area contributed by atoms with Crippen LogP contribution in [0.2, 0.25) is 0 Å². The Morgan fingerprint density at radius 2 is 2.09 bits per heavy atom. The number of carbonyl (C=O) groups is 1. The lowest BCUT2D eigenvalue weighted by atomic mass is 10.0. The monoisotopic (exact) mass is 448 g/mol. The Morgan fingerprint density at radius 1 is 1.30 bits per heavy atom. The van der Waals surface area contributed by atoms with E-state index in [1.165, 1.54) is 0 Å². The molecule has 1 fully saturated rings. The molecule has 0 unspecified atom stereocenters. The lowest BCUT2D eigenvalue weighted by Crippen LogP contribution is -2.45. The SMILES string of the molecule is C=Cc1cccc(Nc2ncnc3[nH]cc(CN4CCC(NC(=O)OC(C)(C)C)CC4)c23)c1. The van der Waals surface area contributed by atoms with E-state index in [1.54, 1.807) is 6.33 Å². The fourth-order valence-corrected chi connectivity index (χ4v) is 4.08. The van der Waals surface area contributed by atoms with Crippen molar-refractivity contribution in [3.63, 3.8) is 0 Å². The number of amides is 1. The number of aromatic amines is 1. The highest BCUT2D eigenvalue weighted by Gasteiger charge is 2.24. The predicted molar refractivity (Wildman–Crippen MR) is 131 cm³/mol. The molecule has 1 aliphatic heterocycles. The van der Waals surface area contributed by atoms with Gasteiger partial charge in [0.25, 0.3) is 0 Å². The Morgan fingerprint density at radius 3 is 2.82 bits per heavy atom. The van der Waals surface area contributed by atoms with Crippen molar-refractivity contribution < 1.29 is 9.53 Å². The summed E-state index contributed by atoms with van der Waals surface area (Å²) in [7, 11) is 0. The minimum atomic E-state index is -0.485. The summed E-state index contributed by atoms with van der Waals surface area (Å²) in [5.41, 5.74) is 3.47. The van der Waals surface area contributed by atoms with E-state index in [-0.39, 0.29) is 12.1 Å². The topological polar surface area (TPSA) is 95.2 Å². The summed E-state index contributed by atoms with van der Waals surface area (Å²) in [6.07, 6.45) is 6.83. The van der Waals surface area contributed by atoms with Gasteiger partial charge < -0.3 is 20.4 Å². The second kappa shape index (κ2) is 9.62. The van der Waals surface area contributed by atoms with Crippen LogP contribution >= 0.6 is 0 Å². The highest BCUT2D eigenvalue weighted by molar-refractivity contribution is 5.92. The molecule has 0 spiro atoms. The van der Waals surface area contributed by atoms with Gasteiger partial charge in [-0.2, -0.15) is 0 Å². The maximum Gasteiger partial charge on any atom is 0.407 e. The molecule has 1 aliphatic rings. The fourth-order valence-electron chi connectivity index (χ4n) is 4.08. The molecule has 3 heterocycles. The van der Waals surface area contributed by atoms with E-state index in [4.69, 9.17) is 4.74 Å². The normalized spacial score (nSPS) is 15.4. The summed E-state index contributed by atoms with van der Waals surface area (Å²) in [4.78, 5) is 26.6. The number of hydrogen-bond acceptors (Lipinski definition) is 6. The van der Waals surface area contributed by atoms with Crippen LogP contribution in [0.3, 0.4) is 0 Å². The van der Waals surface area contributed by atoms with Crippen LogP contribution < -0.4 is 10.6 Å². The Labute approximate surface area is 194 Å². The van der Waals surface area contributed by atoms with Crippen LogP contribution in [0.25, 0.3) is 17.1 Å². The molecule has 3 aromatic rings. The van der Waals surface area contributed by atoms with E-state index in [2.05, 4.69) is 37.1 Å². The molecule has 4 rings (SSSR count). The second-order valence-electron chi connectivity index (χ2n) is 9.41. The van der Waals surface area contributed by atoms with Crippen LogP contribution in [0.1, 0.15) is 44.7 Å². The second-order valence-corrected chi connectivity index (χ2v) is 9.41. The smallest absolute Gasteiger partial charge is 0.407 e. The average Bonchev–Trinajstić information content (AvgIpc) is 3.18. The molecule has 1 aromatic carbocycles. The van der Waals surface area contributed by atoms with Gasteiger partial charge in [0.1, 0.15) is 23.4 Å². The van der Waals surface area contributed by atoms with Gasteiger partial charge in [-0.1, -0.05) is 24.8 Å². The third-order valence-electron chi connectivity index (χ3n) is 5.64. The van der Waals surface area contributed by atoms with Crippen LogP contribution in [-0.2, 0) is 11.3 Å². The summed E-state index contributed by atoms with van der Waals surface area (Å²) in [5, 5.41) is 7.43. The summed E-state index contributed by atoms with van der Waals surface area (Å²) in [6.45, 7) is 12.0. The number of alkyl carbamates (subject to hydrolysis) is 1. The van der Waals surface area contributed by atoms with E-state index >= 15 is 0 Å². The number of anilines is 2. The molecule has 2 aromatic heterocycles. The van der Waals surface area contributed by atoms with Gasteiger partial charge in [0.15, 0.2) is 0 Å². The molecule has 0 radical (unpaired) electrons. The molecule has 0 atom stereocenters. The Kier molecular flexibility index (Phi) is 6.65. The Hall–Kier alpha value is -3.39. The van der Waals surface area contributed by atoms with Crippen LogP contribution in [0, 0.1) is 0 Å². The number of aromatic nitrogens is 3. The van der Waals surface area contributed by atoms with Gasteiger partial charge in [-0.3, -0.25) is 4.90 Å². The summed E-state index contributed by atoms with van der Waals surface area (Å²) < 4.78 is 5.38. The van der Waals surface area contributed by atoms with E-state index in [0.29, 0.717) is 0 Å². The van der Waals surface area contributed by atoms with Gasteiger partial charge in [0.05, 0.1) is 5.39 Å². The number of nitrogens with zero attached hydrogens (tertiary/aromatic N) is 3. The van der Waals surface area contributed by atoms with Gasteiger partial charge in [-0.25, -0.2) is 14.8 Å². The molecule has 0 bridgehead atoms. The number of fused-ring (bicyclic) bond motifs is 1. The van der Waals surface area contributed by atoms with Gasteiger partial charge in [0.2, 0.25) is 0 Å². The van der Waals surface area contributed by atoms with Crippen molar-refractivity contribution in [3.8, 4) is 0 Å². The zero-order chi connectivity index (χ0) is 23.4. The molecule has 174 valence electrons. The third-order valence-corrected chi connectivity index (χ3v) is 5.64. The molecule has 1 amide bonds. The number of carbonyl (C=O) groups excluding carboxylic acids is 1. The quantitative estimate of drug-likeness (QED) is 0.500. The summed E-state index contributed by atoms with van der Waals surface area (Å²) >= 11 is 0. The first kappa shape index (κ1) is 22.8. The lowest BCUT2D eigenvalue weighted by molar-refractivity contribution is 0.0477. The van der Waals surface area contributed by atoms with Crippen LogP contribution in [-0.4, -0.2) is 50.7 Å². The number of rotatable bonds is 6. The van der Waals surface area contributed by atoms with Crippen molar-refractivity contribution in [2.24, 2.45) is 0 Å². The largest absolute Gasteiger partial charge is 0.444 e. The molecule has 3 N–H and O–H groups in total. The average molecular weight is 449 g/mol. The highest BCUT2D eigenvalue weighted by Crippen LogP contribution is 2.28. The van der Waals surface area contributed by atoms with E-state index in [0.717, 1.165) is 66.1 Å². The molecule has 8 heteroatoms. The van der Waals surface area contributed by atoms with Gasteiger partial charge in [-0.05, 0) is 56.9 Å². The molecular formula is C25H32N6O2. The minimum absolute atomic E-state index is 0.136. The standard InChI is InChI=1S/C25H32N6O2/c1-5-17-7-6-8-20(13-17)29-23-21-18(14-26-22(21)27-16-28-23)15-31-11-9-19(10-12-31)30-24(32)33-25(2,3)4/h5-8,13-14,16,19H,1,9-12,15H2,2-4H3,(H,30,32)(H2,26,27,28,29). The van der Waals surface area contributed by atoms with Crippen molar-refractivity contribution in [2.75, 3.05) is 18.4 Å². The molecule has 33 heavy (non-hydrogen) atoms. The lowest BCUT2D eigenvalue weighted by Gasteiger charge is -2.32. The maximum atomic E-state index is 12.1. The number of likely N-dealkylation sites (tertiary alicyclic amines) is 1. The third kappa shape index (κ3) is 5.90. The van der Waals surface area contributed by atoms with Crippen molar-refractivity contribution in [1.82, 2.24) is 25.2 Å². The molecular weight excluding hydrogens is 416 g/mol. The summed E-state index contributed by atoms with van der Waals surface area (Å²) in [5.74, 6) is 0.777. The molecule has 0 aliphatic carbocycles. The molecule has 8 nitrogen and oxygen atoms in total. The van der Waals surface area contributed by atoms with Crippen molar-refractivity contribution >= 4 is 34.7 Å². The number of benzene rings is 1. The number of H-pyrrole nitrogens is 1. The van der Waals surface area contributed by atoms with Crippen LogP contribution in [0.15, 0.2) is 43.4 Å². The molecule has 0 saturated carbocycles. The van der Waals surface area contributed by atoms with E-state index in [9.17, 15) is 4.79 Å². The van der Waals surface area contributed by atoms with Crippen LogP contribution in [0.5, 0.6) is 0 Å². The fraction of sp³-hybridized carbons (Fsp3) is 0.400. The highest BCUT2D eigenvalue weighted by atomic mass is 16.6. The van der Waals surface area contributed by atoms with Crippen molar-refractivity contribution in [3.05, 3.63) is 54.5 Å². The zero-order valence-corrected chi connectivity index (χ0v) is 19.5. The van der Waals surface area contributed by atoms with Gasteiger partial charge >= 0.3 is 6.09 Å². The Balaban J connectivity index is 1.41. The van der Waals surface area contributed by atoms with E-state index < -0.39 is 5.60 Å². The van der Waals surface area contributed by atoms with Gasteiger partial charge in [-0.15, -0.1) is 0 Å². The van der Waals surface area contributed by atoms with Crippen LogP contribution in [0.4, 0.5) is 16.3 Å². The Bertz CT molecular complexity index is 1130. The number of hydrogen-bond donors (Lipinski definition) is 3. The zero-order valence-electron chi connectivity index (χ0n) is 19.5. The minimum Gasteiger partial charge on any atom is -0.444 e. The number of ether oxygens (including phenoxy) is 1. The maximum absolute atomic E-state index is 12.1. The first-order chi connectivity index (χ1) is 15.8. The first-order valence-electron chi connectivity index (χ1n) is 11.3. The van der Waals surface area contributed by atoms with Crippen molar-refractivity contribution in [1.29, 1.82) is 0 Å².